The number of H-pyrrole nitrogens is 1. The first kappa shape index (κ1) is 12.4. The normalized spacial score (nSPS) is 27.1. The number of piperidine rings is 1. The van der Waals surface area contributed by atoms with Crippen molar-refractivity contribution in [3.63, 3.8) is 0 Å². The highest BCUT2D eigenvalue weighted by atomic mass is 15.2. The number of fused-ring (bicyclic) bond motifs is 2. The van der Waals surface area contributed by atoms with Crippen molar-refractivity contribution in [3.8, 4) is 0 Å². The van der Waals surface area contributed by atoms with Crippen LogP contribution in [0.1, 0.15) is 24.1 Å². The number of nitrogens with one attached hydrogen (secondary N) is 2. The smallest absolute Gasteiger partial charge is 0.0459 e. The molecule has 3 heteroatoms. The second-order valence-electron chi connectivity index (χ2n) is 6.37. The van der Waals surface area contributed by atoms with Crippen LogP contribution in [0.5, 0.6) is 0 Å². The van der Waals surface area contributed by atoms with E-state index in [2.05, 4.69) is 46.4 Å². The molecule has 0 aliphatic carbocycles. The van der Waals surface area contributed by atoms with Crippen LogP contribution in [0.25, 0.3) is 10.9 Å². The number of aromatic amines is 1. The fourth-order valence-corrected chi connectivity index (χ4v) is 4.10. The van der Waals surface area contributed by atoms with Crippen molar-refractivity contribution in [2.24, 2.45) is 5.92 Å². The molecule has 3 heterocycles. The van der Waals surface area contributed by atoms with Crippen molar-refractivity contribution in [2.75, 3.05) is 19.6 Å². The van der Waals surface area contributed by atoms with Crippen molar-refractivity contribution in [2.45, 2.75) is 32.4 Å². The van der Waals surface area contributed by atoms with Crippen molar-refractivity contribution in [1.82, 2.24) is 15.2 Å². The van der Waals surface area contributed by atoms with E-state index in [9.17, 15) is 0 Å². The average molecular weight is 269 g/mol. The maximum absolute atomic E-state index is 3.58. The van der Waals surface area contributed by atoms with Gasteiger partial charge in [-0.1, -0.05) is 18.2 Å². The molecule has 3 nitrogen and oxygen atoms in total. The summed E-state index contributed by atoms with van der Waals surface area (Å²) in [5, 5.41) is 4.98. The third-order valence-corrected chi connectivity index (χ3v) is 5.18. The Balaban J connectivity index is 1.65. The van der Waals surface area contributed by atoms with Gasteiger partial charge >= 0.3 is 0 Å². The first-order chi connectivity index (χ1) is 9.83. The van der Waals surface area contributed by atoms with E-state index in [0.29, 0.717) is 0 Å². The quantitative estimate of drug-likeness (QED) is 0.878. The van der Waals surface area contributed by atoms with E-state index in [0.717, 1.165) is 18.5 Å². The van der Waals surface area contributed by atoms with Crippen LogP contribution < -0.4 is 5.32 Å². The largest absolute Gasteiger partial charge is 0.358 e. The lowest BCUT2D eigenvalue weighted by Crippen LogP contribution is -2.44. The monoisotopic (exact) mass is 269 g/mol. The minimum Gasteiger partial charge on any atom is -0.358 e. The minimum absolute atomic E-state index is 0.747. The lowest BCUT2D eigenvalue weighted by molar-refractivity contribution is 0.118. The number of aryl methyl sites for hydroxylation is 1. The van der Waals surface area contributed by atoms with Crippen molar-refractivity contribution < 1.29 is 0 Å². The molecule has 0 spiro atoms. The van der Waals surface area contributed by atoms with E-state index in [1.54, 1.807) is 0 Å². The lowest BCUT2D eigenvalue weighted by Gasteiger charge is -2.37. The molecule has 2 saturated heterocycles. The van der Waals surface area contributed by atoms with Gasteiger partial charge in [-0.3, -0.25) is 4.90 Å². The summed E-state index contributed by atoms with van der Waals surface area (Å²) < 4.78 is 0. The van der Waals surface area contributed by atoms with E-state index in [1.165, 1.54) is 54.6 Å². The van der Waals surface area contributed by atoms with E-state index < -0.39 is 0 Å². The number of likely N-dealkylation sites (tertiary alicyclic amines) is 1. The van der Waals surface area contributed by atoms with E-state index in [-0.39, 0.29) is 0 Å². The van der Waals surface area contributed by atoms with Gasteiger partial charge in [0.15, 0.2) is 0 Å². The summed E-state index contributed by atoms with van der Waals surface area (Å²) in [6.45, 7) is 6.95. The van der Waals surface area contributed by atoms with Gasteiger partial charge in [-0.25, -0.2) is 0 Å². The molecule has 2 N–H and O–H groups in total. The Bertz CT molecular complexity index is 616. The van der Waals surface area contributed by atoms with Crippen molar-refractivity contribution in [1.29, 1.82) is 0 Å². The number of rotatable bonds is 2. The van der Waals surface area contributed by atoms with Gasteiger partial charge in [-0.05, 0) is 50.4 Å². The highest BCUT2D eigenvalue weighted by molar-refractivity contribution is 5.84. The van der Waals surface area contributed by atoms with Crippen LogP contribution in [0.4, 0.5) is 0 Å². The van der Waals surface area contributed by atoms with Crippen LogP contribution in [0, 0.1) is 12.8 Å². The molecule has 0 amide bonds. The molecular weight excluding hydrogens is 246 g/mol. The van der Waals surface area contributed by atoms with E-state index in [4.69, 9.17) is 0 Å². The summed E-state index contributed by atoms with van der Waals surface area (Å²) >= 11 is 0. The van der Waals surface area contributed by atoms with Gasteiger partial charge in [-0.15, -0.1) is 0 Å². The predicted octanol–water partition coefficient (Wildman–Crippen LogP) is 2.66. The summed E-state index contributed by atoms with van der Waals surface area (Å²) in [6, 6.07) is 9.44. The SMILES string of the molecule is Cc1[nH]c2ccccc2c1CN1CCCC2CNCC21. The van der Waals surface area contributed by atoms with Gasteiger partial charge < -0.3 is 10.3 Å². The van der Waals surface area contributed by atoms with Crippen LogP contribution in [0.2, 0.25) is 0 Å². The molecule has 2 aliphatic rings. The standard InChI is InChI=1S/C17H23N3/c1-12-15(14-6-2-3-7-16(14)19-12)11-20-8-4-5-13-9-18-10-17(13)20/h2-3,6-7,13,17-19H,4-5,8-11H2,1H3. The lowest BCUT2D eigenvalue weighted by atomic mass is 9.91. The molecular formula is C17H23N3. The third kappa shape index (κ3) is 1.97. The van der Waals surface area contributed by atoms with Crippen LogP contribution in [-0.2, 0) is 6.54 Å². The number of hydrogen-bond donors (Lipinski definition) is 2. The highest BCUT2D eigenvalue weighted by Crippen LogP contribution is 2.30. The molecule has 0 radical (unpaired) electrons. The molecule has 2 unspecified atom stereocenters. The number of hydrogen-bond acceptors (Lipinski definition) is 2. The van der Waals surface area contributed by atoms with Gasteiger partial charge in [0.2, 0.25) is 0 Å². The second-order valence-corrected chi connectivity index (χ2v) is 6.37. The fourth-order valence-electron chi connectivity index (χ4n) is 4.10. The molecule has 20 heavy (non-hydrogen) atoms. The molecule has 2 aromatic rings. The predicted molar refractivity (Wildman–Crippen MR) is 82.8 cm³/mol. The Morgan fingerprint density at radius 2 is 2.15 bits per heavy atom. The second kappa shape index (κ2) is 4.90. The zero-order chi connectivity index (χ0) is 13.5. The summed E-state index contributed by atoms with van der Waals surface area (Å²) in [5.74, 6) is 0.870. The highest BCUT2D eigenvalue weighted by Gasteiger charge is 2.35. The zero-order valence-corrected chi connectivity index (χ0v) is 12.2. The fraction of sp³-hybridized carbons (Fsp3) is 0.529. The van der Waals surface area contributed by atoms with Crippen molar-refractivity contribution in [3.05, 3.63) is 35.5 Å². The first-order valence-corrected chi connectivity index (χ1v) is 7.84. The molecule has 2 fully saturated rings. The van der Waals surface area contributed by atoms with Gasteiger partial charge in [0.25, 0.3) is 0 Å². The van der Waals surface area contributed by atoms with E-state index in [1.807, 2.05) is 0 Å². The average Bonchev–Trinajstić information content (AvgIpc) is 3.05. The summed E-state index contributed by atoms with van der Waals surface area (Å²) in [6.07, 6.45) is 2.76. The molecule has 106 valence electrons. The van der Waals surface area contributed by atoms with Gasteiger partial charge in [-0.2, -0.15) is 0 Å². The molecule has 0 bridgehead atoms. The molecule has 0 saturated carbocycles. The Labute approximate surface area is 120 Å². The number of benzene rings is 1. The maximum atomic E-state index is 3.58. The van der Waals surface area contributed by atoms with Crippen molar-refractivity contribution >= 4 is 10.9 Å². The third-order valence-electron chi connectivity index (χ3n) is 5.18. The first-order valence-electron chi connectivity index (χ1n) is 7.84. The summed E-state index contributed by atoms with van der Waals surface area (Å²) in [5.41, 5.74) is 4.10. The van der Waals surface area contributed by atoms with Crippen LogP contribution in [0.15, 0.2) is 24.3 Å². The zero-order valence-electron chi connectivity index (χ0n) is 12.2. The van der Waals surface area contributed by atoms with Gasteiger partial charge in [0, 0.05) is 35.7 Å². The topological polar surface area (TPSA) is 31.1 Å². The van der Waals surface area contributed by atoms with Gasteiger partial charge in [0.1, 0.15) is 0 Å². The maximum Gasteiger partial charge on any atom is 0.0459 e. The van der Waals surface area contributed by atoms with Crippen LogP contribution in [0.3, 0.4) is 0 Å². The number of aromatic nitrogens is 1. The van der Waals surface area contributed by atoms with Crippen LogP contribution >= 0.6 is 0 Å². The Morgan fingerprint density at radius 3 is 3.10 bits per heavy atom. The van der Waals surface area contributed by atoms with E-state index >= 15 is 0 Å². The minimum atomic E-state index is 0.747. The molecule has 1 aromatic heterocycles. The Morgan fingerprint density at radius 1 is 1.25 bits per heavy atom. The molecule has 2 aliphatic heterocycles. The Hall–Kier alpha value is -1.32. The summed E-state index contributed by atoms with van der Waals surface area (Å²) in [7, 11) is 0. The van der Waals surface area contributed by atoms with Crippen LogP contribution in [-0.4, -0.2) is 35.6 Å². The molecule has 1 aromatic carbocycles. The summed E-state index contributed by atoms with van der Waals surface area (Å²) in [4.78, 5) is 6.24. The molecule has 2 atom stereocenters. The Kier molecular flexibility index (Phi) is 3.04. The van der Waals surface area contributed by atoms with Gasteiger partial charge in [0.05, 0.1) is 0 Å². The number of nitrogens with zero attached hydrogens (tertiary/aromatic N) is 1. The molecule has 4 rings (SSSR count). The number of para-hydroxylation sites is 1.